The Labute approximate surface area is 67.3 Å². The molecule has 66 valence electrons. The molecule has 1 atom stereocenters. The predicted molar refractivity (Wildman–Crippen MR) is 43.8 cm³/mol. The molecular formula is C9H16F2. The molecule has 2 heteroatoms. The summed E-state index contributed by atoms with van der Waals surface area (Å²) in [5.74, 6) is 0.662. The highest BCUT2D eigenvalue weighted by molar-refractivity contribution is 4.81. The maximum absolute atomic E-state index is 11.8. The van der Waals surface area contributed by atoms with Crippen LogP contribution in [-0.2, 0) is 0 Å². The lowest BCUT2D eigenvalue weighted by Crippen LogP contribution is -2.07. The molecule has 0 amide bonds. The Balaban J connectivity index is 3.61. The van der Waals surface area contributed by atoms with Crippen LogP contribution in [0.25, 0.3) is 0 Å². The van der Waals surface area contributed by atoms with Gasteiger partial charge in [-0.2, -0.15) is 0 Å². The fourth-order valence-corrected chi connectivity index (χ4v) is 1.04. The molecule has 0 bridgehead atoms. The smallest absolute Gasteiger partial charge is 0.211 e. The molecule has 0 aliphatic carbocycles. The van der Waals surface area contributed by atoms with E-state index in [0.717, 1.165) is 0 Å². The van der Waals surface area contributed by atoms with Crippen LogP contribution in [0.4, 0.5) is 8.78 Å². The van der Waals surface area contributed by atoms with E-state index in [4.69, 9.17) is 0 Å². The molecule has 0 rings (SSSR count). The molecule has 0 aliphatic heterocycles. The second-order valence-electron chi connectivity index (χ2n) is 3.11. The molecule has 0 nitrogen and oxygen atoms in total. The van der Waals surface area contributed by atoms with E-state index in [2.05, 4.69) is 6.58 Å². The Bertz CT molecular complexity index is 108. The van der Waals surface area contributed by atoms with Gasteiger partial charge in [-0.1, -0.05) is 19.9 Å². The lowest BCUT2D eigenvalue weighted by molar-refractivity contribution is 0.127. The summed E-state index contributed by atoms with van der Waals surface area (Å²) in [5.41, 5.74) is 0. The summed E-state index contributed by atoms with van der Waals surface area (Å²) in [7, 11) is 0. The van der Waals surface area contributed by atoms with E-state index in [9.17, 15) is 8.78 Å². The van der Waals surface area contributed by atoms with Gasteiger partial charge in [-0.15, -0.1) is 6.58 Å². The number of rotatable bonds is 5. The first-order valence-corrected chi connectivity index (χ1v) is 3.98. The third-order valence-electron chi connectivity index (χ3n) is 1.88. The Kier molecular flexibility index (Phi) is 5.08. The third-order valence-corrected chi connectivity index (χ3v) is 1.88. The van der Waals surface area contributed by atoms with Crippen LogP contribution in [0.5, 0.6) is 0 Å². The largest absolute Gasteiger partial charge is 0.238 e. The van der Waals surface area contributed by atoms with Crippen molar-refractivity contribution in [2.24, 2.45) is 11.8 Å². The molecule has 0 heterocycles. The van der Waals surface area contributed by atoms with E-state index in [1.807, 2.05) is 13.8 Å². The zero-order valence-corrected chi connectivity index (χ0v) is 7.19. The molecule has 11 heavy (non-hydrogen) atoms. The Hall–Kier alpha value is -0.400. The third kappa shape index (κ3) is 4.93. The van der Waals surface area contributed by atoms with E-state index in [-0.39, 0.29) is 12.3 Å². The standard InChI is InChI=1S/C9H16F2/c1-4-8(7(2)3)5-6-9(10)11/h4,7-9H,1,5-6H2,2-3H3/t8-/m0/s1. The van der Waals surface area contributed by atoms with Crippen LogP contribution < -0.4 is 0 Å². The lowest BCUT2D eigenvalue weighted by atomic mass is 9.91. The molecule has 0 aliphatic rings. The van der Waals surface area contributed by atoms with Crippen molar-refractivity contribution in [3.8, 4) is 0 Å². The van der Waals surface area contributed by atoms with Crippen LogP contribution in [0, 0.1) is 11.8 Å². The van der Waals surface area contributed by atoms with Crippen molar-refractivity contribution in [1.29, 1.82) is 0 Å². The zero-order valence-electron chi connectivity index (χ0n) is 7.19. The first-order chi connectivity index (χ1) is 5.07. The normalized spacial score (nSPS) is 14.0. The monoisotopic (exact) mass is 162 g/mol. The summed E-state index contributed by atoms with van der Waals surface area (Å²) in [5, 5.41) is 0. The lowest BCUT2D eigenvalue weighted by Gasteiger charge is -2.15. The molecule has 0 unspecified atom stereocenters. The minimum atomic E-state index is -2.17. The average molecular weight is 162 g/mol. The number of hydrogen-bond acceptors (Lipinski definition) is 0. The molecule has 0 aromatic rings. The van der Waals surface area contributed by atoms with E-state index in [1.54, 1.807) is 6.08 Å². The molecule has 0 aromatic carbocycles. The van der Waals surface area contributed by atoms with Gasteiger partial charge in [0.2, 0.25) is 6.43 Å². The molecule has 0 N–H and O–H groups in total. The van der Waals surface area contributed by atoms with E-state index in [0.29, 0.717) is 12.3 Å². The molecule has 0 saturated heterocycles. The van der Waals surface area contributed by atoms with Crippen molar-refractivity contribution < 1.29 is 8.78 Å². The second-order valence-corrected chi connectivity index (χ2v) is 3.11. The van der Waals surface area contributed by atoms with Gasteiger partial charge in [0.05, 0.1) is 0 Å². The van der Waals surface area contributed by atoms with Crippen molar-refractivity contribution in [3.05, 3.63) is 12.7 Å². The van der Waals surface area contributed by atoms with Crippen molar-refractivity contribution in [2.75, 3.05) is 0 Å². The van der Waals surface area contributed by atoms with Crippen LogP contribution in [0.15, 0.2) is 12.7 Å². The van der Waals surface area contributed by atoms with Crippen molar-refractivity contribution in [2.45, 2.75) is 33.1 Å². The van der Waals surface area contributed by atoms with Crippen molar-refractivity contribution in [3.63, 3.8) is 0 Å². The fraction of sp³-hybridized carbons (Fsp3) is 0.778. The van der Waals surface area contributed by atoms with Crippen LogP contribution in [0.3, 0.4) is 0 Å². The minimum absolute atomic E-state index is 0.00509. The maximum Gasteiger partial charge on any atom is 0.238 e. The summed E-state index contributed by atoms with van der Waals surface area (Å²) in [4.78, 5) is 0. The highest BCUT2D eigenvalue weighted by Crippen LogP contribution is 2.19. The van der Waals surface area contributed by atoms with E-state index < -0.39 is 6.43 Å². The Morgan fingerprint density at radius 2 is 1.82 bits per heavy atom. The predicted octanol–water partition coefficient (Wildman–Crippen LogP) is 3.49. The van der Waals surface area contributed by atoms with Crippen LogP contribution in [0.1, 0.15) is 26.7 Å². The van der Waals surface area contributed by atoms with Gasteiger partial charge in [0.25, 0.3) is 0 Å². The van der Waals surface area contributed by atoms with Crippen LogP contribution >= 0.6 is 0 Å². The molecule has 0 spiro atoms. The Morgan fingerprint density at radius 3 is 2.09 bits per heavy atom. The summed E-state index contributed by atoms with van der Waals surface area (Å²) >= 11 is 0. The number of alkyl halides is 2. The first-order valence-electron chi connectivity index (χ1n) is 3.98. The topological polar surface area (TPSA) is 0 Å². The van der Waals surface area contributed by atoms with Gasteiger partial charge in [-0.25, -0.2) is 8.78 Å². The molecule has 0 aromatic heterocycles. The van der Waals surface area contributed by atoms with Gasteiger partial charge >= 0.3 is 0 Å². The quantitative estimate of drug-likeness (QED) is 0.543. The maximum atomic E-state index is 11.8. The molecular weight excluding hydrogens is 146 g/mol. The molecule has 0 fully saturated rings. The number of hydrogen-bond donors (Lipinski definition) is 0. The van der Waals surface area contributed by atoms with E-state index >= 15 is 0 Å². The van der Waals surface area contributed by atoms with Gasteiger partial charge in [0.1, 0.15) is 0 Å². The van der Waals surface area contributed by atoms with Gasteiger partial charge in [0.15, 0.2) is 0 Å². The molecule has 0 saturated carbocycles. The summed E-state index contributed by atoms with van der Waals surface area (Å²) in [6.07, 6.45) is 0.150. The second kappa shape index (κ2) is 5.28. The van der Waals surface area contributed by atoms with E-state index in [1.165, 1.54) is 0 Å². The number of halogens is 2. The van der Waals surface area contributed by atoms with Crippen molar-refractivity contribution in [1.82, 2.24) is 0 Å². The van der Waals surface area contributed by atoms with Crippen LogP contribution in [0.2, 0.25) is 0 Å². The fourth-order valence-electron chi connectivity index (χ4n) is 1.04. The van der Waals surface area contributed by atoms with Gasteiger partial charge < -0.3 is 0 Å². The first kappa shape index (κ1) is 10.6. The highest BCUT2D eigenvalue weighted by Gasteiger charge is 2.11. The summed E-state index contributed by atoms with van der Waals surface area (Å²) in [6.45, 7) is 7.67. The van der Waals surface area contributed by atoms with Crippen molar-refractivity contribution >= 4 is 0 Å². The molecule has 0 radical (unpaired) electrons. The highest BCUT2D eigenvalue weighted by atomic mass is 19.3. The van der Waals surface area contributed by atoms with Gasteiger partial charge in [0, 0.05) is 6.42 Å². The van der Waals surface area contributed by atoms with Gasteiger partial charge in [-0.3, -0.25) is 0 Å². The average Bonchev–Trinajstić information content (AvgIpc) is 1.87. The SMILES string of the molecule is C=C[C@@H](CCC(F)F)C(C)C. The zero-order chi connectivity index (χ0) is 8.85. The summed E-state index contributed by atoms with van der Waals surface area (Å²) in [6, 6.07) is 0. The van der Waals surface area contributed by atoms with Gasteiger partial charge in [-0.05, 0) is 18.3 Å². The number of allylic oxidation sites excluding steroid dienone is 1. The summed E-state index contributed by atoms with van der Waals surface area (Å²) < 4.78 is 23.5. The van der Waals surface area contributed by atoms with Crippen LogP contribution in [-0.4, -0.2) is 6.43 Å². The minimum Gasteiger partial charge on any atom is -0.211 e. The Morgan fingerprint density at radius 1 is 1.27 bits per heavy atom.